The van der Waals surface area contributed by atoms with Crippen LogP contribution in [-0.4, -0.2) is 31.6 Å². The highest BCUT2D eigenvalue weighted by atomic mass is 127. The molecule has 0 bridgehead atoms. The minimum absolute atomic E-state index is 0.111. The lowest BCUT2D eigenvalue weighted by atomic mass is 10.1. The Bertz CT molecular complexity index is 1070. The molecule has 0 saturated carbocycles. The molecule has 0 radical (unpaired) electrons. The van der Waals surface area contributed by atoms with Crippen LogP contribution in [0.25, 0.3) is 10.8 Å². The van der Waals surface area contributed by atoms with Crippen LogP contribution in [0.3, 0.4) is 0 Å². The van der Waals surface area contributed by atoms with Crippen LogP contribution in [0.1, 0.15) is 25.6 Å². The van der Waals surface area contributed by atoms with Gasteiger partial charge in [0.2, 0.25) is 0 Å². The fourth-order valence-corrected chi connectivity index (χ4v) is 4.51. The molecule has 140 valence electrons. The molecule has 4 rings (SSSR count). The summed E-state index contributed by atoms with van der Waals surface area (Å²) in [7, 11) is 0. The number of fused-ring (bicyclic) bond motifs is 2. The van der Waals surface area contributed by atoms with Gasteiger partial charge in [-0.3, -0.25) is 9.80 Å². The predicted molar refractivity (Wildman–Crippen MR) is 113 cm³/mol. The number of aliphatic imine (C=N–C) groups is 2. The Morgan fingerprint density at radius 1 is 1.37 bits per heavy atom. The second-order valence-corrected chi connectivity index (χ2v) is 7.94. The molecule has 2 unspecified atom stereocenters. The summed E-state index contributed by atoms with van der Waals surface area (Å²) in [5.41, 5.74) is 6.42. The molecule has 0 fully saturated rings. The predicted octanol–water partition coefficient (Wildman–Crippen LogP) is 2.63. The van der Waals surface area contributed by atoms with Gasteiger partial charge < -0.3 is 10.3 Å². The van der Waals surface area contributed by atoms with E-state index in [1.165, 1.54) is 12.4 Å². The molecule has 0 spiro atoms. The number of aromatic nitrogens is 1. The zero-order chi connectivity index (χ0) is 19.3. The largest absolute Gasteiger partial charge is 0.386 e. The van der Waals surface area contributed by atoms with Crippen LogP contribution >= 0.6 is 22.6 Å². The molecule has 1 aromatic carbocycles. The Morgan fingerprint density at radius 3 is 2.89 bits per heavy atom. The quantitative estimate of drug-likeness (QED) is 0.686. The number of benzene rings is 1. The number of hydrogen-bond acceptors (Lipinski definition) is 6. The first-order chi connectivity index (χ1) is 12.9. The maximum atomic E-state index is 14.2. The van der Waals surface area contributed by atoms with Gasteiger partial charge in [0.25, 0.3) is 5.56 Å². The highest BCUT2D eigenvalue weighted by Crippen LogP contribution is 2.30. The van der Waals surface area contributed by atoms with Crippen molar-refractivity contribution in [2.24, 2.45) is 26.7 Å². The highest BCUT2D eigenvalue weighted by molar-refractivity contribution is 14.1. The van der Waals surface area contributed by atoms with E-state index in [1.54, 1.807) is 16.7 Å². The first-order valence-electron chi connectivity index (χ1n) is 8.56. The number of hydrogen-bond donors (Lipinski definition) is 1. The van der Waals surface area contributed by atoms with E-state index in [2.05, 4.69) is 37.7 Å². The molecule has 2 aromatic rings. The third-order valence-corrected chi connectivity index (χ3v) is 5.67. The third kappa shape index (κ3) is 2.93. The van der Waals surface area contributed by atoms with Crippen molar-refractivity contribution in [1.82, 2.24) is 9.58 Å². The SMILES string of the molecule is CC(C)n1c(CN2N=C(I)C3C(N)=NC=NC32)cc2cccc(F)c2c1=O. The van der Waals surface area contributed by atoms with Crippen molar-refractivity contribution in [2.45, 2.75) is 32.6 Å². The van der Waals surface area contributed by atoms with Gasteiger partial charge in [-0.05, 0) is 54.0 Å². The number of hydrazone groups is 1. The zero-order valence-electron chi connectivity index (χ0n) is 14.8. The molecule has 9 heteroatoms. The molecule has 0 aliphatic carbocycles. The van der Waals surface area contributed by atoms with Gasteiger partial charge in [0.15, 0.2) is 6.17 Å². The van der Waals surface area contributed by atoms with Crippen LogP contribution in [0.5, 0.6) is 0 Å². The average Bonchev–Trinajstić information content (AvgIpc) is 2.91. The molecule has 2 atom stereocenters. The van der Waals surface area contributed by atoms with Crippen molar-refractivity contribution in [3.8, 4) is 0 Å². The molecule has 7 nitrogen and oxygen atoms in total. The fourth-order valence-electron chi connectivity index (χ4n) is 3.60. The number of nitrogens with zero attached hydrogens (tertiary/aromatic N) is 5. The smallest absolute Gasteiger partial charge is 0.261 e. The van der Waals surface area contributed by atoms with Crippen LogP contribution in [0.15, 0.2) is 44.1 Å². The van der Waals surface area contributed by atoms with Gasteiger partial charge in [-0.1, -0.05) is 12.1 Å². The van der Waals surface area contributed by atoms with Crippen LogP contribution in [-0.2, 0) is 6.54 Å². The van der Waals surface area contributed by atoms with Gasteiger partial charge in [-0.15, -0.1) is 0 Å². The molecule has 2 aliphatic heterocycles. The standard InChI is InChI=1S/C18H18FIN6O/c1-9(2)26-11(6-10-4-3-5-12(19)13(10)18(26)27)7-25-17-14(15(20)24-25)16(21)22-8-23-17/h3-6,8-9,14,17H,7H2,1-2H3,(H2,21,22,23). The summed E-state index contributed by atoms with van der Waals surface area (Å²) < 4.78 is 16.7. The second-order valence-electron chi connectivity index (χ2n) is 6.84. The Morgan fingerprint density at radius 2 is 2.15 bits per heavy atom. The summed E-state index contributed by atoms with van der Waals surface area (Å²) in [5, 5.41) is 7.08. The number of nitrogens with two attached hydrogens (primary N) is 1. The Balaban J connectivity index is 1.81. The molecule has 2 N–H and O–H groups in total. The Kier molecular flexibility index (Phi) is 4.49. The van der Waals surface area contributed by atoms with Crippen LogP contribution in [0, 0.1) is 11.7 Å². The lowest BCUT2D eigenvalue weighted by Crippen LogP contribution is -2.41. The molecule has 27 heavy (non-hydrogen) atoms. The molecular weight excluding hydrogens is 462 g/mol. The molecule has 1 aromatic heterocycles. The lowest BCUT2D eigenvalue weighted by Gasteiger charge is -2.27. The average molecular weight is 480 g/mol. The number of pyridine rings is 1. The van der Waals surface area contributed by atoms with Crippen molar-refractivity contribution in [3.63, 3.8) is 0 Å². The minimum atomic E-state index is -0.506. The monoisotopic (exact) mass is 480 g/mol. The van der Waals surface area contributed by atoms with Crippen LogP contribution < -0.4 is 11.3 Å². The second kappa shape index (κ2) is 6.70. The van der Waals surface area contributed by atoms with Gasteiger partial charge in [-0.2, -0.15) is 5.10 Å². The van der Waals surface area contributed by atoms with E-state index in [0.29, 0.717) is 17.8 Å². The molecule has 2 aliphatic rings. The number of rotatable bonds is 3. The Hall–Kier alpha value is -2.30. The summed E-state index contributed by atoms with van der Waals surface area (Å²) in [6.07, 6.45) is 1.16. The van der Waals surface area contributed by atoms with E-state index >= 15 is 0 Å². The first kappa shape index (κ1) is 18.1. The number of amidine groups is 1. The van der Waals surface area contributed by atoms with Crippen molar-refractivity contribution in [3.05, 3.63) is 46.1 Å². The summed E-state index contributed by atoms with van der Waals surface area (Å²) in [6.45, 7) is 4.17. The van der Waals surface area contributed by atoms with Gasteiger partial charge in [0.1, 0.15) is 27.6 Å². The molecular formula is C18H18FIN6O. The first-order valence-corrected chi connectivity index (χ1v) is 9.64. The zero-order valence-corrected chi connectivity index (χ0v) is 17.0. The van der Waals surface area contributed by atoms with E-state index in [0.717, 1.165) is 9.41 Å². The number of halogens is 2. The maximum Gasteiger partial charge on any atom is 0.261 e. The van der Waals surface area contributed by atoms with Crippen molar-refractivity contribution >= 4 is 49.3 Å². The van der Waals surface area contributed by atoms with Gasteiger partial charge in [-0.25, -0.2) is 14.4 Å². The van der Waals surface area contributed by atoms with E-state index in [-0.39, 0.29) is 29.1 Å². The van der Waals surface area contributed by atoms with Crippen molar-refractivity contribution in [2.75, 3.05) is 0 Å². The van der Waals surface area contributed by atoms with E-state index in [1.807, 2.05) is 24.9 Å². The summed E-state index contributed by atoms with van der Waals surface area (Å²) in [5.74, 6) is -0.201. The van der Waals surface area contributed by atoms with E-state index in [9.17, 15) is 9.18 Å². The normalized spacial score (nSPS) is 21.6. The van der Waals surface area contributed by atoms with Gasteiger partial charge in [0.05, 0.1) is 11.9 Å². The Labute approximate surface area is 168 Å². The summed E-state index contributed by atoms with van der Waals surface area (Å²) in [4.78, 5) is 21.5. The molecule has 0 amide bonds. The summed E-state index contributed by atoms with van der Waals surface area (Å²) >= 11 is 2.14. The lowest BCUT2D eigenvalue weighted by molar-refractivity contribution is 0.207. The molecule has 3 heterocycles. The fraction of sp³-hybridized carbons (Fsp3) is 0.333. The van der Waals surface area contributed by atoms with Crippen molar-refractivity contribution < 1.29 is 4.39 Å². The highest BCUT2D eigenvalue weighted by Gasteiger charge is 2.40. The maximum absolute atomic E-state index is 14.2. The third-order valence-electron chi connectivity index (χ3n) is 4.78. The molecule has 0 saturated heterocycles. The van der Waals surface area contributed by atoms with Crippen LogP contribution in [0.4, 0.5) is 4.39 Å². The topological polar surface area (TPSA) is 88.3 Å². The minimum Gasteiger partial charge on any atom is -0.386 e. The van der Waals surface area contributed by atoms with E-state index < -0.39 is 5.82 Å². The van der Waals surface area contributed by atoms with Gasteiger partial charge in [0, 0.05) is 11.7 Å². The van der Waals surface area contributed by atoms with Crippen LogP contribution in [0.2, 0.25) is 0 Å². The summed E-state index contributed by atoms with van der Waals surface area (Å²) in [6, 6.07) is 6.39. The van der Waals surface area contributed by atoms with Gasteiger partial charge >= 0.3 is 0 Å². The van der Waals surface area contributed by atoms with E-state index in [4.69, 9.17) is 5.73 Å². The van der Waals surface area contributed by atoms with Crippen molar-refractivity contribution in [1.29, 1.82) is 0 Å².